The van der Waals surface area contributed by atoms with Crippen molar-refractivity contribution < 1.29 is 18.3 Å². The summed E-state index contributed by atoms with van der Waals surface area (Å²) in [6.07, 6.45) is 1.25. The molecule has 1 N–H and O–H groups in total. The second-order valence-corrected chi connectivity index (χ2v) is 7.05. The second-order valence-electron chi connectivity index (χ2n) is 4.82. The van der Waals surface area contributed by atoms with E-state index in [2.05, 4.69) is 0 Å². The molecule has 1 aromatic carbocycles. The molecule has 1 aromatic rings. The van der Waals surface area contributed by atoms with Gasteiger partial charge in [0.2, 0.25) is 0 Å². The normalized spacial score (nSPS) is 13.2. The molecule has 1 atom stereocenters. The Morgan fingerprint density at radius 2 is 2.00 bits per heavy atom. The fourth-order valence-corrected chi connectivity index (χ4v) is 3.68. The van der Waals surface area contributed by atoms with Crippen molar-refractivity contribution in [1.82, 2.24) is 0 Å². The molecule has 1 rings (SSSR count). The van der Waals surface area contributed by atoms with E-state index in [1.807, 2.05) is 24.3 Å². The lowest BCUT2D eigenvalue weighted by Crippen LogP contribution is -2.19. The second kappa shape index (κ2) is 7.50. The molecule has 0 fully saturated rings. The Labute approximate surface area is 115 Å². The van der Waals surface area contributed by atoms with Crippen LogP contribution in [-0.2, 0) is 16.3 Å². The quantitative estimate of drug-likeness (QED) is 0.789. The number of hydrogen-bond donors (Lipinski definition) is 1. The predicted octanol–water partition coefficient (Wildman–Crippen LogP) is 1.67. The average molecular weight is 286 g/mol. The topological polar surface area (TPSA) is 63.6 Å². The van der Waals surface area contributed by atoms with Crippen molar-refractivity contribution in [3.8, 4) is 5.75 Å². The number of aliphatic hydroxyl groups excluding tert-OH is 1. The molecule has 0 amide bonds. The summed E-state index contributed by atoms with van der Waals surface area (Å²) in [4.78, 5) is 0. The van der Waals surface area contributed by atoms with Crippen molar-refractivity contribution in [3.05, 3.63) is 29.8 Å². The summed E-state index contributed by atoms with van der Waals surface area (Å²) in [5.74, 6) is 0.796. The van der Waals surface area contributed by atoms with Crippen LogP contribution < -0.4 is 4.74 Å². The maximum atomic E-state index is 11.8. The van der Waals surface area contributed by atoms with E-state index in [1.54, 1.807) is 14.0 Å². The summed E-state index contributed by atoms with van der Waals surface area (Å²) in [5, 5.41) is 8.89. The third-order valence-electron chi connectivity index (χ3n) is 2.94. The number of aryl methyl sites for hydroxylation is 1. The number of rotatable bonds is 8. The smallest absolute Gasteiger partial charge is 0.150 e. The molecule has 1 unspecified atom stereocenters. The zero-order valence-corrected chi connectivity index (χ0v) is 12.3. The Morgan fingerprint density at radius 1 is 1.32 bits per heavy atom. The van der Waals surface area contributed by atoms with Gasteiger partial charge in [-0.15, -0.1) is 0 Å². The maximum Gasteiger partial charge on any atom is 0.150 e. The highest BCUT2D eigenvalue weighted by molar-refractivity contribution is 7.91. The summed E-state index contributed by atoms with van der Waals surface area (Å²) >= 11 is 0. The maximum absolute atomic E-state index is 11.8. The van der Waals surface area contributed by atoms with Crippen LogP contribution in [0.5, 0.6) is 5.75 Å². The minimum absolute atomic E-state index is 0.0510. The number of benzene rings is 1. The predicted molar refractivity (Wildman–Crippen MR) is 76.2 cm³/mol. The van der Waals surface area contributed by atoms with Crippen LogP contribution in [0.25, 0.3) is 0 Å². The first kappa shape index (κ1) is 16.0. The van der Waals surface area contributed by atoms with Crippen LogP contribution in [0.15, 0.2) is 24.3 Å². The molecule has 0 aliphatic rings. The standard InChI is InChI=1S/C14H22O4S/c1-12(10-15)11-19(16,17)9-5-7-13-6-3-4-8-14(13)18-2/h3-4,6,8,12,15H,5,7,9-11H2,1-2H3. The number of sulfone groups is 1. The lowest BCUT2D eigenvalue weighted by Gasteiger charge is -2.10. The molecule has 19 heavy (non-hydrogen) atoms. The van der Waals surface area contributed by atoms with Gasteiger partial charge in [-0.25, -0.2) is 8.42 Å². The highest BCUT2D eigenvalue weighted by Gasteiger charge is 2.15. The Morgan fingerprint density at radius 3 is 2.63 bits per heavy atom. The summed E-state index contributed by atoms with van der Waals surface area (Å²) in [6, 6.07) is 7.63. The summed E-state index contributed by atoms with van der Waals surface area (Å²) in [7, 11) is -1.47. The van der Waals surface area contributed by atoms with Crippen LogP contribution in [0.1, 0.15) is 18.9 Å². The Hall–Kier alpha value is -1.07. The van der Waals surface area contributed by atoms with Crippen LogP contribution in [-0.4, -0.2) is 38.7 Å². The van der Waals surface area contributed by atoms with E-state index in [0.29, 0.717) is 12.8 Å². The number of hydrogen-bond acceptors (Lipinski definition) is 4. The van der Waals surface area contributed by atoms with Gasteiger partial charge in [0.15, 0.2) is 9.84 Å². The van der Waals surface area contributed by atoms with Crippen molar-refractivity contribution in [3.63, 3.8) is 0 Å². The van der Waals surface area contributed by atoms with Crippen LogP contribution in [0, 0.1) is 5.92 Å². The van der Waals surface area contributed by atoms with Gasteiger partial charge in [-0.05, 0) is 30.4 Å². The molecular weight excluding hydrogens is 264 g/mol. The lowest BCUT2D eigenvalue weighted by molar-refractivity contribution is 0.249. The van der Waals surface area contributed by atoms with Crippen molar-refractivity contribution in [2.75, 3.05) is 25.2 Å². The molecule has 4 nitrogen and oxygen atoms in total. The van der Waals surface area contributed by atoms with Gasteiger partial charge in [0.1, 0.15) is 5.75 Å². The van der Waals surface area contributed by atoms with Gasteiger partial charge < -0.3 is 9.84 Å². The number of ether oxygens (including phenoxy) is 1. The fourth-order valence-electron chi connectivity index (χ4n) is 1.96. The van der Waals surface area contributed by atoms with E-state index in [-0.39, 0.29) is 24.0 Å². The zero-order valence-electron chi connectivity index (χ0n) is 11.5. The molecule has 0 bridgehead atoms. The summed E-state index contributed by atoms with van der Waals surface area (Å²) in [5.41, 5.74) is 1.02. The van der Waals surface area contributed by atoms with Crippen LogP contribution in [0.4, 0.5) is 0 Å². The summed E-state index contributed by atoms with van der Waals surface area (Å²) < 4.78 is 28.8. The minimum atomic E-state index is -3.08. The fraction of sp³-hybridized carbons (Fsp3) is 0.571. The molecule has 0 radical (unpaired) electrons. The van der Waals surface area contributed by atoms with E-state index in [1.165, 1.54) is 0 Å². The Bertz CT molecular complexity index is 482. The summed E-state index contributed by atoms with van der Waals surface area (Å²) in [6.45, 7) is 1.64. The van der Waals surface area contributed by atoms with Crippen molar-refractivity contribution >= 4 is 9.84 Å². The number of methoxy groups -OCH3 is 1. The first-order valence-corrected chi connectivity index (χ1v) is 8.24. The first-order valence-electron chi connectivity index (χ1n) is 6.41. The highest BCUT2D eigenvalue weighted by atomic mass is 32.2. The van der Waals surface area contributed by atoms with Crippen molar-refractivity contribution in [1.29, 1.82) is 0 Å². The van der Waals surface area contributed by atoms with E-state index < -0.39 is 9.84 Å². The average Bonchev–Trinajstić information content (AvgIpc) is 2.38. The van der Waals surface area contributed by atoms with Crippen LogP contribution in [0.3, 0.4) is 0 Å². The molecule has 0 saturated carbocycles. The lowest BCUT2D eigenvalue weighted by atomic mass is 10.1. The van der Waals surface area contributed by atoms with E-state index in [0.717, 1.165) is 11.3 Å². The SMILES string of the molecule is COc1ccccc1CCCS(=O)(=O)CC(C)CO. The van der Waals surface area contributed by atoms with Gasteiger partial charge in [0.05, 0.1) is 18.6 Å². The molecule has 0 spiro atoms. The molecule has 0 heterocycles. The largest absolute Gasteiger partial charge is 0.496 e. The van der Waals surface area contributed by atoms with Gasteiger partial charge in [-0.1, -0.05) is 25.1 Å². The highest BCUT2D eigenvalue weighted by Crippen LogP contribution is 2.19. The van der Waals surface area contributed by atoms with E-state index in [9.17, 15) is 8.42 Å². The molecule has 0 aliphatic carbocycles. The third kappa shape index (κ3) is 5.61. The Kier molecular flexibility index (Phi) is 6.31. The van der Waals surface area contributed by atoms with Gasteiger partial charge in [-0.2, -0.15) is 0 Å². The van der Waals surface area contributed by atoms with Gasteiger partial charge in [0.25, 0.3) is 0 Å². The molecule has 108 valence electrons. The molecular formula is C14H22O4S. The van der Waals surface area contributed by atoms with E-state index >= 15 is 0 Å². The van der Waals surface area contributed by atoms with Crippen molar-refractivity contribution in [2.45, 2.75) is 19.8 Å². The van der Waals surface area contributed by atoms with Crippen molar-refractivity contribution in [2.24, 2.45) is 5.92 Å². The third-order valence-corrected chi connectivity index (χ3v) is 4.93. The Balaban J connectivity index is 2.50. The molecule has 0 aliphatic heterocycles. The van der Waals surface area contributed by atoms with E-state index in [4.69, 9.17) is 9.84 Å². The number of aliphatic hydroxyl groups is 1. The van der Waals surface area contributed by atoms with Crippen LogP contribution in [0.2, 0.25) is 0 Å². The zero-order chi connectivity index (χ0) is 14.3. The molecule has 0 aromatic heterocycles. The minimum Gasteiger partial charge on any atom is -0.496 e. The van der Waals surface area contributed by atoms with Gasteiger partial charge in [0, 0.05) is 6.61 Å². The first-order chi connectivity index (χ1) is 8.98. The van der Waals surface area contributed by atoms with Gasteiger partial charge in [-0.3, -0.25) is 0 Å². The van der Waals surface area contributed by atoms with Crippen LogP contribution >= 0.6 is 0 Å². The molecule has 5 heteroatoms. The molecule has 0 saturated heterocycles. The number of para-hydroxylation sites is 1. The van der Waals surface area contributed by atoms with Gasteiger partial charge >= 0.3 is 0 Å². The monoisotopic (exact) mass is 286 g/mol.